The standard InChI is InChI=1S/C10H10Cl2N2O2S/c1-3-8-6-4-5-7(11)9(12)10(6)17(15,16)14(2)13-8/h3-5,13H,1-2H3. The summed E-state index contributed by atoms with van der Waals surface area (Å²) in [6.45, 7) is 1.81. The smallest absolute Gasteiger partial charge is 0.261 e. The Kier molecular flexibility index (Phi) is 3.12. The molecule has 17 heavy (non-hydrogen) atoms. The van der Waals surface area contributed by atoms with Gasteiger partial charge in [0.2, 0.25) is 0 Å². The van der Waals surface area contributed by atoms with Crippen LogP contribution in [0.25, 0.3) is 5.70 Å². The topological polar surface area (TPSA) is 49.4 Å². The number of nitrogens with one attached hydrogen (secondary N) is 1. The maximum absolute atomic E-state index is 12.1. The Balaban J connectivity index is 2.88. The molecule has 0 radical (unpaired) electrons. The van der Waals surface area contributed by atoms with Crippen LogP contribution in [0.4, 0.5) is 0 Å². The summed E-state index contributed by atoms with van der Waals surface area (Å²) in [7, 11) is -2.24. The van der Waals surface area contributed by atoms with Crippen LogP contribution in [0.5, 0.6) is 0 Å². The number of halogens is 2. The molecule has 1 aliphatic rings. The van der Waals surface area contributed by atoms with E-state index in [0.717, 1.165) is 4.41 Å². The van der Waals surface area contributed by atoms with Crippen molar-refractivity contribution in [2.24, 2.45) is 0 Å². The van der Waals surface area contributed by atoms with Crippen molar-refractivity contribution in [3.8, 4) is 0 Å². The molecule has 4 nitrogen and oxygen atoms in total. The lowest BCUT2D eigenvalue weighted by molar-refractivity contribution is 0.421. The van der Waals surface area contributed by atoms with Gasteiger partial charge in [0.15, 0.2) is 0 Å². The number of nitrogens with zero attached hydrogens (tertiary/aromatic N) is 1. The van der Waals surface area contributed by atoms with Crippen LogP contribution in [-0.2, 0) is 10.0 Å². The molecule has 0 amide bonds. The highest BCUT2D eigenvalue weighted by Gasteiger charge is 2.34. The molecule has 0 saturated carbocycles. The summed E-state index contributed by atoms with van der Waals surface area (Å²) in [5.74, 6) is 0. The van der Waals surface area contributed by atoms with Crippen molar-refractivity contribution in [2.45, 2.75) is 11.8 Å². The van der Waals surface area contributed by atoms with Crippen molar-refractivity contribution in [1.82, 2.24) is 9.84 Å². The zero-order valence-electron chi connectivity index (χ0n) is 9.16. The maximum Gasteiger partial charge on any atom is 0.261 e. The van der Waals surface area contributed by atoms with E-state index in [-0.39, 0.29) is 14.9 Å². The zero-order chi connectivity index (χ0) is 12.8. The summed E-state index contributed by atoms with van der Waals surface area (Å²) in [6, 6.07) is 3.21. The Morgan fingerprint density at radius 2 is 2.00 bits per heavy atom. The third-order valence-electron chi connectivity index (χ3n) is 2.53. The van der Waals surface area contributed by atoms with Crippen molar-refractivity contribution in [2.75, 3.05) is 7.05 Å². The van der Waals surface area contributed by atoms with Crippen molar-refractivity contribution in [3.63, 3.8) is 0 Å². The predicted molar refractivity (Wildman–Crippen MR) is 68.2 cm³/mol. The lowest BCUT2D eigenvalue weighted by Gasteiger charge is -2.29. The van der Waals surface area contributed by atoms with Gasteiger partial charge >= 0.3 is 0 Å². The van der Waals surface area contributed by atoms with E-state index in [2.05, 4.69) is 5.43 Å². The monoisotopic (exact) mass is 292 g/mol. The molecule has 1 aliphatic heterocycles. The molecule has 92 valence electrons. The van der Waals surface area contributed by atoms with Crippen LogP contribution in [0.3, 0.4) is 0 Å². The minimum absolute atomic E-state index is 0.0426. The number of benzene rings is 1. The van der Waals surface area contributed by atoms with Gasteiger partial charge in [-0.1, -0.05) is 29.3 Å². The van der Waals surface area contributed by atoms with Crippen LogP contribution in [0, 0.1) is 0 Å². The largest absolute Gasteiger partial charge is 0.305 e. The van der Waals surface area contributed by atoms with Gasteiger partial charge in [-0.2, -0.15) is 0 Å². The molecule has 7 heteroatoms. The first-order valence-corrected chi connectivity index (χ1v) is 6.99. The number of sulfonamides is 1. The number of rotatable bonds is 0. The van der Waals surface area contributed by atoms with Crippen LogP contribution in [0.15, 0.2) is 23.1 Å². The molecule has 0 atom stereocenters. The molecule has 0 fully saturated rings. The molecule has 2 rings (SSSR count). The normalized spacial score (nSPS) is 21.1. The molecule has 1 N–H and O–H groups in total. The highest BCUT2D eigenvalue weighted by Crippen LogP contribution is 2.38. The van der Waals surface area contributed by atoms with Crippen molar-refractivity contribution >= 4 is 38.9 Å². The molecular weight excluding hydrogens is 283 g/mol. The average Bonchev–Trinajstić information content (AvgIpc) is 2.27. The quantitative estimate of drug-likeness (QED) is 0.799. The molecule has 0 aliphatic carbocycles. The average molecular weight is 293 g/mol. The highest BCUT2D eigenvalue weighted by molar-refractivity contribution is 7.89. The predicted octanol–water partition coefficient (Wildman–Crippen LogP) is 2.49. The van der Waals surface area contributed by atoms with E-state index in [1.807, 2.05) is 0 Å². The molecule has 0 spiro atoms. The van der Waals surface area contributed by atoms with E-state index in [1.54, 1.807) is 25.1 Å². The number of allylic oxidation sites excluding steroid dienone is 1. The van der Waals surface area contributed by atoms with Crippen LogP contribution >= 0.6 is 23.2 Å². The first-order valence-electron chi connectivity index (χ1n) is 4.80. The minimum Gasteiger partial charge on any atom is -0.305 e. The second-order valence-electron chi connectivity index (χ2n) is 3.52. The maximum atomic E-state index is 12.1. The summed E-state index contributed by atoms with van der Waals surface area (Å²) in [5.41, 5.74) is 3.97. The van der Waals surface area contributed by atoms with E-state index >= 15 is 0 Å². The van der Waals surface area contributed by atoms with E-state index in [0.29, 0.717) is 11.3 Å². The number of hydrazine groups is 1. The highest BCUT2D eigenvalue weighted by atomic mass is 35.5. The Morgan fingerprint density at radius 1 is 1.35 bits per heavy atom. The molecule has 0 saturated heterocycles. The third-order valence-corrected chi connectivity index (χ3v) is 5.19. The molecular formula is C10H10Cl2N2O2S. The molecule has 1 aromatic carbocycles. The van der Waals surface area contributed by atoms with Gasteiger partial charge in [-0.15, -0.1) is 4.41 Å². The fraction of sp³-hybridized carbons (Fsp3) is 0.200. The lowest BCUT2D eigenvalue weighted by Crippen LogP contribution is -2.42. The van der Waals surface area contributed by atoms with Crippen LogP contribution in [0.2, 0.25) is 10.0 Å². The molecule has 0 bridgehead atoms. The van der Waals surface area contributed by atoms with Gasteiger partial charge in [0.25, 0.3) is 10.0 Å². The fourth-order valence-corrected chi connectivity index (χ4v) is 3.60. The van der Waals surface area contributed by atoms with Gasteiger partial charge in [0.05, 0.1) is 15.7 Å². The fourth-order valence-electron chi connectivity index (χ4n) is 1.64. The summed E-state index contributed by atoms with van der Waals surface area (Å²) < 4.78 is 25.3. The van der Waals surface area contributed by atoms with Gasteiger partial charge in [-0.3, -0.25) is 0 Å². The molecule has 1 aromatic rings. The first kappa shape index (κ1) is 12.7. The number of hydrogen-bond donors (Lipinski definition) is 1. The molecule has 0 aromatic heterocycles. The number of hydrogen-bond acceptors (Lipinski definition) is 3. The van der Waals surface area contributed by atoms with Crippen molar-refractivity contribution in [3.05, 3.63) is 33.8 Å². The summed E-state index contributed by atoms with van der Waals surface area (Å²) >= 11 is 11.8. The van der Waals surface area contributed by atoms with E-state index in [9.17, 15) is 8.42 Å². The van der Waals surface area contributed by atoms with E-state index in [1.165, 1.54) is 7.05 Å². The summed E-state index contributed by atoms with van der Waals surface area (Å²) in [4.78, 5) is 0.0426. The Hall–Kier alpha value is -0.750. The third kappa shape index (κ3) is 1.83. The van der Waals surface area contributed by atoms with Gasteiger partial charge in [0, 0.05) is 12.6 Å². The van der Waals surface area contributed by atoms with Gasteiger partial charge in [-0.05, 0) is 19.1 Å². The molecule has 0 unspecified atom stereocenters. The van der Waals surface area contributed by atoms with Crippen LogP contribution in [0.1, 0.15) is 12.5 Å². The minimum atomic E-state index is -3.65. The van der Waals surface area contributed by atoms with Crippen LogP contribution in [-0.4, -0.2) is 19.9 Å². The SMILES string of the molecule is CC=C1NN(C)S(=O)(=O)c2c1ccc(Cl)c2Cl. The van der Waals surface area contributed by atoms with E-state index in [4.69, 9.17) is 23.2 Å². The van der Waals surface area contributed by atoms with Gasteiger partial charge in [-0.25, -0.2) is 8.42 Å². The van der Waals surface area contributed by atoms with Crippen LogP contribution < -0.4 is 5.43 Å². The Bertz CT molecular complexity index is 611. The first-order chi connectivity index (χ1) is 7.89. The Morgan fingerprint density at radius 3 is 2.59 bits per heavy atom. The molecule has 1 heterocycles. The second kappa shape index (κ2) is 4.17. The second-order valence-corrected chi connectivity index (χ2v) is 6.22. The van der Waals surface area contributed by atoms with Gasteiger partial charge < -0.3 is 5.43 Å². The van der Waals surface area contributed by atoms with E-state index < -0.39 is 10.0 Å². The lowest BCUT2D eigenvalue weighted by atomic mass is 10.1. The summed E-state index contributed by atoms with van der Waals surface area (Å²) in [6.07, 6.45) is 1.77. The van der Waals surface area contributed by atoms with Crippen molar-refractivity contribution in [1.29, 1.82) is 0 Å². The van der Waals surface area contributed by atoms with Gasteiger partial charge in [0.1, 0.15) is 4.90 Å². The zero-order valence-corrected chi connectivity index (χ0v) is 11.5. The summed E-state index contributed by atoms with van der Waals surface area (Å²) in [5, 5.41) is 0.275. The van der Waals surface area contributed by atoms with Crippen molar-refractivity contribution < 1.29 is 8.42 Å². The Labute approximate surface area is 110 Å². The number of fused-ring (bicyclic) bond motifs is 1.